The smallest absolute Gasteiger partial charge is 0.480 e. The molecule has 1 rings (SSSR count). The van der Waals surface area contributed by atoms with Crippen LogP contribution < -0.4 is 10.1 Å². The van der Waals surface area contributed by atoms with E-state index in [0.717, 1.165) is 24.3 Å². The highest BCUT2D eigenvalue weighted by atomic mass is 19.4. The monoisotopic (exact) mass is 263 g/mol. The normalized spacial score (nSPS) is 10.8. The summed E-state index contributed by atoms with van der Waals surface area (Å²) in [5.41, 5.74) is 0.0331. The maximum absolute atomic E-state index is 11.8. The minimum absolute atomic E-state index is 0.0331. The molecule has 5 nitrogen and oxygen atoms in total. The van der Waals surface area contributed by atoms with Crippen LogP contribution in [-0.4, -0.2) is 29.9 Å². The number of benzene rings is 1. The summed E-state index contributed by atoms with van der Waals surface area (Å²) in [6, 6.07) is 4.11. The lowest BCUT2D eigenvalue weighted by atomic mass is 10.2. The summed E-state index contributed by atoms with van der Waals surface area (Å²) in [5.74, 6) is -2.38. The molecule has 8 heteroatoms. The van der Waals surface area contributed by atoms with E-state index in [1.807, 2.05) is 0 Å². The van der Waals surface area contributed by atoms with Crippen molar-refractivity contribution in [1.29, 1.82) is 0 Å². The van der Waals surface area contributed by atoms with E-state index in [-0.39, 0.29) is 5.56 Å². The molecule has 2 N–H and O–H groups in total. The number of halogens is 3. The lowest BCUT2D eigenvalue weighted by Gasteiger charge is -2.09. The van der Waals surface area contributed by atoms with Gasteiger partial charge < -0.3 is 15.2 Å². The van der Waals surface area contributed by atoms with Crippen molar-refractivity contribution in [2.45, 2.75) is 6.36 Å². The molecule has 0 radical (unpaired) electrons. The fourth-order valence-corrected chi connectivity index (χ4v) is 1.07. The van der Waals surface area contributed by atoms with Crippen molar-refractivity contribution in [2.75, 3.05) is 6.54 Å². The predicted octanol–water partition coefficient (Wildman–Crippen LogP) is 1.40. The number of carbonyl (C=O) groups is 2. The molecular weight excluding hydrogens is 255 g/mol. The molecule has 0 fully saturated rings. The first-order chi connectivity index (χ1) is 8.28. The quantitative estimate of drug-likeness (QED) is 0.860. The molecule has 0 atom stereocenters. The number of amides is 1. The van der Waals surface area contributed by atoms with Crippen LogP contribution in [0.15, 0.2) is 24.3 Å². The molecule has 0 unspecified atom stereocenters. The number of hydrogen-bond acceptors (Lipinski definition) is 3. The Hall–Kier alpha value is -2.25. The van der Waals surface area contributed by atoms with Crippen molar-refractivity contribution in [2.24, 2.45) is 0 Å². The second-order valence-electron chi connectivity index (χ2n) is 3.15. The van der Waals surface area contributed by atoms with Gasteiger partial charge in [-0.15, -0.1) is 13.2 Å². The van der Waals surface area contributed by atoms with Crippen LogP contribution in [0.5, 0.6) is 5.75 Å². The van der Waals surface area contributed by atoms with Crippen LogP contribution in [0.4, 0.5) is 13.2 Å². The summed E-state index contributed by atoms with van der Waals surface area (Å²) in [5, 5.41) is 10.4. The van der Waals surface area contributed by atoms with Crippen molar-refractivity contribution < 1.29 is 32.6 Å². The van der Waals surface area contributed by atoms with Gasteiger partial charge in [0.15, 0.2) is 0 Å². The summed E-state index contributed by atoms with van der Waals surface area (Å²) < 4.78 is 39.1. The van der Waals surface area contributed by atoms with Gasteiger partial charge in [-0.05, 0) is 24.3 Å². The summed E-state index contributed by atoms with van der Waals surface area (Å²) in [7, 11) is 0. The lowest BCUT2D eigenvalue weighted by molar-refractivity contribution is -0.274. The molecule has 0 heterocycles. The first kappa shape index (κ1) is 13.8. The molecule has 0 saturated heterocycles. The molecule has 0 spiro atoms. The Balaban J connectivity index is 2.65. The van der Waals surface area contributed by atoms with Gasteiger partial charge >= 0.3 is 12.3 Å². The van der Waals surface area contributed by atoms with E-state index in [9.17, 15) is 22.8 Å². The third kappa shape index (κ3) is 4.73. The largest absolute Gasteiger partial charge is 0.573 e. The van der Waals surface area contributed by atoms with Crippen molar-refractivity contribution >= 4 is 11.9 Å². The maximum Gasteiger partial charge on any atom is 0.573 e. The van der Waals surface area contributed by atoms with Crippen LogP contribution in [0.1, 0.15) is 10.4 Å². The van der Waals surface area contributed by atoms with E-state index >= 15 is 0 Å². The molecule has 0 aliphatic rings. The van der Waals surface area contributed by atoms with E-state index < -0.39 is 30.5 Å². The van der Waals surface area contributed by atoms with Crippen LogP contribution in [-0.2, 0) is 4.79 Å². The third-order valence-corrected chi connectivity index (χ3v) is 1.75. The minimum Gasteiger partial charge on any atom is -0.480 e. The number of hydrogen-bond donors (Lipinski definition) is 2. The molecule has 1 aromatic rings. The van der Waals surface area contributed by atoms with Crippen molar-refractivity contribution in [3.8, 4) is 5.75 Å². The summed E-state index contributed by atoms with van der Waals surface area (Å²) in [6.07, 6.45) is -4.80. The van der Waals surface area contributed by atoms with Gasteiger partial charge in [-0.1, -0.05) is 0 Å². The zero-order chi connectivity index (χ0) is 13.8. The number of nitrogens with one attached hydrogen (secondary N) is 1. The van der Waals surface area contributed by atoms with Crippen LogP contribution in [0.3, 0.4) is 0 Å². The Bertz CT molecular complexity index is 441. The molecule has 1 aromatic carbocycles. The fourth-order valence-electron chi connectivity index (χ4n) is 1.07. The number of rotatable bonds is 4. The number of ether oxygens (including phenoxy) is 1. The highest BCUT2D eigenvalue weighted by Crippen LogP contribution is 2.22. The molecule has 18 heavy (non-hydrogen) atoms. The number of carboxylic acids is 1. The van der Waals surface area contributed by atoms with Crippen LogP contribution in [0.25, 0.3) is 0 Å². The van der Waals surface area contributed by atoms with Crippen LogP contribution >= 0.6 is 0 Å². The second kappa shape index (κ2) is 5.39. The van der Waals surface area contributed by atoms with Gasteiger partial charge in [-0.2, -0.15) is 0 Å². The lowest BCUT2D eigenvalue weighted by Crippen LogP contribution is -2.29. The zero-order valence-corrected chi connectivity index (χ0v) is 8.82. The Morgan fingerprint density at radius 1 is 1.22 bits per heavy atom. The Morgan fingerprint density at radius 3 is 2.22 bits per heavy atom. The average Bonchev–Trinajstić information content (AvgIpc) is 2.24. The Labute approximate surface area is 99.2 Å². The highest BCUT2D eigenvalue weighted by molar-refractivity contribution is 5.95. The highest BCUT2D eigenvalue weighted by Gasteiger charge is 2.31. The van der Waals surface area contributed by atoms with E-state index in [2.05, 4.69) is 10.1 Å². The van der Waals surface area contributed by atoms with E-state index in [1.54, 1.807) is 0 Å². The van der Waals surface area contributed by atoms with Crippen LogP contribution in [0.2, 0.25) is 0 Å². The summed E-state index contributed by atoms with van der Waals surface area (Å²) >= 11 is 0. The number of carbonyl (C=O) groups excluding carboxylic acids is 1. The van der Waals surface area contributed by atoms with Gasteiger partial charge in [0.05, 0.1) is 0 Å². The zero-order valence-electron chi connectivity index (χ0n) is 8.82. The number of alkyl halides is 3. The van der Waals surface area contributed by atoms with Crippen molar-refractivity contribution in [1.82, 2.24) is 5.32 Å². The number of carboxylic acid groups (broad SMARTS) is 1. The summed E-state index contributed by atoms with van der Waals surface area (Å²) in [6.45, 7) is -0.570. The Morgan fingerprint density at radius 2 is 1.78 bits per heavy atom. The molecule has 0 aromatic heterocycles. The van der Waals surface area contributed by atoms with E-state index in [1.165, 1.54) is 0 Å². The molecule has 0 aliphatic heterocycles. The van der Waals surface area contributed by atoms with Crippen molar-refractivity contribution in [3.05, 3.63) is 29.8 Å². The molecule has 98 valence electrons. The predicted molar refractivity (Wildman–Crippen MR) is 53.1 cm³/mol. The van der Waals surface area contributed by atoms with Crippen LogP contribution in [0, 0.1) is 0 Å². The van der Waals surface area contributed by atoms with Gasteiger partial charge in [0.25, 0.3) is 5.91 Å². The van der Waals surface area contributed by atoms with Gasteiger partial charge in [0.1, 0.15) is 12.3 Å². The van der Waals surface area contributed by atoms with Gasteiger partial charge in [0.2, 0.25) is 0 Å². The minimum atomic E-state index is -4.80. The Kier molecular flexibility index (Phi) is 4.13. The van der Waals surface area contributed by atoms with Gasteiger partial charge in [-0.25, -0.2) is 0 Å². The first-order valence-corrected chi connectivity index (χ1v) is 4.64. The van der Waals surface area contributed by atoms with Gasteiger partial charge in [-0.3, -0.25) is 9.59 Å². The van der Waals surface area contributed by atoms with E-state index in [4.69, 9.17) is 5.11 Å². The molecule has 0 bridgehead atoms. The molecule has 0 aliphatic carbocycles. The third-order valence-electron chi connectivity index (χ3n) is 1.75. The standard InChI is InChI=1S/C10H8F3NO4/c11-10(12,13)18-7-3-1-6(2-4-7)9(17)14-5-8(15)16/h1-4H,5H2,(H,14,17)(H,15,16). The van der Waals surface area contributed by atoms with Crippen molar-refractivity contribution in [3.63, 3.8) is 0 Å². The summed E-state index contributed by atoms with van der Waals surface area (Å²) in [4.78, 5) is 21.5. The maximum atomic E-state index is 11.8. The molecule has 0 saturated carbocycles. The average molecular weight is 263 g/mol. The molecular formula is C10H8F3NO4. The topological polar surface area (TPSA) is 75.6 Å². The second-order valence-corrected chi connectivity index (χ2v) is 3.15. The molecule has 1 amide bonds. The fraction of sp³-hybridized carbons (Fsp3) is 0.200. The number of aliphatic carboxylic acids is 1. The van der Waals surface area contributed by atoms with Gasteiger partial charge in [0, 0.05) is 5.56 Å². The van der Waals surface area contributed by atoms with E-state index in [0.29, 0.717) is 0 Å². The first-order valence-electron chi connectivity index (χ1n) is 4.64. The SMILES string of the molecule is O=C(O)CNC(=O)c1ccc(OC(F)(F)F)cc1.